The Labute approximate surface area is 119 Å². The van der Waals surface area contributed by atoms with Gasteiger partial charge in [-0.25, -0.2) is 8.42 Å². The zero-order chi connectivity index (χ0) is 14.8. The number of sulfonamides is 1. The predicted molar refractivity (Wildman–Crippen MR) is 80.7 cm³/mol. The summed E-state index contributed by atoms with van der Waals surface area (Å²) in [6.07, 6.45) is 0. The molecule has 0 spiro atoms. The second-order valence-corrected chi connectivity index (χ2v) is 6.86. The molecule has 0 saturated heterocycles. The lowest BCUT2D eigenvalue weighted by molar-refractivity contribution is 0.467. The van der Waals surface area contributed by atoms with Gasteiger partial charge < -0.3 is 5.73 Å². The first kappa shape index (κ1) is 14.6. The minimum absolute atomic E-state index is 0.251. The lowest BCUT2D eigenvalue weighted by Gasteiger charge is -2.17. The summed E-state index contributed by atoms with van der Waals surface area (Å²) in [7, 11) is -1.91. The van der Waals surface area contributed by atoms with Crippen molar-refractivity contribution in [3.8, 4) is 0 Å². The third-order valence-electron chi connectivity index (χ3n) is 3.11. The molecular weight excluding hydrogens is 272 g/mol. The summed E-state index contributed by atoms with van der Waals surface area (Å²) in [5, 5.41) is 0. The Hall–Kier alpha value is -1.85. The summed E-state index contributed by atoms with van der Waals surface area (Å²) in [5.74, 6) is 0. The average molecular weight is 290 g/mol. The van der Waals surface area contributed by atoms with Gasteiger partial charge in [0.15, 0.2) is 0 Å². The Morgan fingerprint density at radius 1 is 1.00 bits per heavy atom. The molecule has 0 radical (unpaired) electrons. The molecule has 2 N–H and O–H groups in total. The van der Waals surface area contributed by atoms with Gasteiger partial charge in [-0.05, 0) is 36.8 Å². The first-order valence-electron chi connectivity index (χ1n) is 6.27. The highest BCUT2D eigenvalue weighted by atomic mass is 32.2. The quantitative estimate of drug-likeness (QED) is 0.879. The summed E-state index contributed by atoms with van der Waals surface area (Å²) < 4.78 is 26.1. The van der Waals surface area contributed by atoms with Crippen LogP contribution in [0.15, 0.2) is 53.4 Å². The smallest absolute Gasteiger partial charge is 0.243 e. The molecule has 5 heteroatoms. The van der Waals surface area contributed by atoms with Crippen LogP contribution in [-0.2, 0) is 16.6 Å². The van der Waals surface area contributed by atoms with E-state index < -0.39 is 10.0 Å². The van der Waals surface area contributed by atoms with Crippen LogP contribution >= 0.6 is 0 Å². The maximum atomic E-state index is 12.4. The second kappa shape index (κ2) is 5.64. The Balaban J connectivity index is 2.21. The number of nitrogen functional groups attached to an aromatic ring is 1. The van der Waals surface area contributed by atoms with Gasteiger partial charge in [0.05, 0.1) is 4.90 Å². The zero-order valence-electron chi connectivity index (χ0n) is 11.6. The lowest BCUT2D eigenvalue weighted by atomic mass is 10.1. The van der Waals surface area contributed by atoms with Gasteiger partial charge in [0, 0.05) is 19.3 Å². The fourth-order valence-corrected chi connectivity index (χ4v) is 3.01. The molecule has 0 aromatic heterocycles. The van der Waals surface area contributed by atoms with Crippen molar-refractivity contribution in [1.82, 2.24) is 4.31 Å². The van der Waals surface area contributed by atoms with E-state index in [4.69, 9.17) is 5.73 Å². The summed E-state index contributed by atoms with van der Waals surface area (Å²) >= 11 is 0. The molecular formula is C15H18N2O2S. The highest BCUT2D eigenvalue weighted by Gasteiger charge is 2.20. The van der Waals surface area contributed by atoms with Gasteiger partial charge in [-0.15, -0.1) is 0 Å². The van der Waals surface area contributed by atoms with Gasteiger partial charge in [-0.2, -0.15) is 4.31 Å². The van der Waals surface area contributed by atoms with Crippen LogP contribution < -0.4 is 5.73 Å². The molecule has 2 aromatic rings. The molecule has 2 aromatic carbocycles. The topological polar surface area (TPSA) is 63.4 Å². The van der Waals surface area contributed by atoms with E-state index in [1.165, 1.54) is 16.4 Å². The number of benzene rings is 2. The van der Waals surface area contributed by atoms with Crippen LogP contribution in [0.5, 0.6) is 0 Å². The largest absolute Gasteiger partial charge is 0.399 e. The Kier molecular flexibility index (Phi) is 4.11. The molecule has 0 bridgehead atoms. The van der Waals surface area contributed by atoms with E-state index in [0.29, 0.717) is 12.2 Å². The van der Waals surface area contributed by atoms with Crippen LogP contribution in [0.25, 0.3) is 0 Å². The van der Waals surface area contributed by atoms with E-state index in [-0.39, 0.29) is 4.90 Å². The van der Waals surface area contributed by atoms with Crippen LogP contribution in [0.4, 0.5) is 5.69 Å². The van der Waals surface area contributed by atoms with Crippen molar-refractivity contribution < 1.29 is 8.42 Å². The number of hydrogen-bond acceptors (Lipinski definition) is 3. The molecule has 0 fully saturated rings. The van der Waals surface area contributed by atoms with Crippen molar-refractivity contribution in [2.75, 3.05) is 12.8 Å². The molecule has 0 aliphatic rings. The Bertz CT molecular complexity index is 677. The van der Waals surface area contributed by atoms with Crippen LogP contribution in [-0.4, -0.2) is 19.8 Å². The molecule has 0 heterocycles. The standard InChI is InChI=1S/C15H18N2O2S/c1-12-3-5-13(6-4-12)11-17(2)20(18,19)15-9-7-14(16)8-10-15/h3-10H,11,16H2,1-2H3. The summed E-state index contributed by atoms with van der Waals surface area (Å²) in [4.78, 5) is 0.251. The van der Waals surface area contributed by atoms with Crippen LogP contribution in [0, 0.1) is 6.92 Å². The predicted octanol–water partition coefficient (Wildman–Crippen LogP) is 2.40. The molecule has 0 aliphatic carbocycles. The molecule has 20 heavy (non-hydrogen) atoms. The van der Waals surface area contributed by atoms with E-state index in [1.807, 2.05) is 31.2 Å². The average Bonchev–Trinajstić information content (AvgIpc) is 2.42. The van der Waals surface area contributed by atoms with E-state index in [0.717, 1.165) is 11.1 Å². The van der Waals surface area contributed by atoms with Crippen LogP contribution in [0.1, 0.15) is 11.1 Å². The highest BCUT2D eigenvalue weighted by Crippen LogP contribution is 2.18. The van der Waals surface area contributed by atoms with Crippen molar-refractivity contribution in [1.29, 1.82) is 0 Å². The molecule has 0 atom stereocenters. The van der Waals surface area contributed by atoms with Gasteiger partial charge in [0.1, 0.15) is 0 Å². The maximum absolute atomic E-state index is 12.4. The van der Waals surface area contributed by atoms with E-state index in [9.17, 15) is 8.42 Å². The molecule has 106 valence electrons. The fraction of sp³-hybridized carbons (Fsp3) is 0.200. The number of nitrogens with zero attached hydrogens (tertiary/aromatic N) is 1. The van der Waals surface area contributed by atoms with E-state index >= 15 is 0 Å². The second-order valence-electron chi connectivity index (χ2n) is 4.82. The number of aryl methyl sites for hydroxylation is 1. The first-order valence-corrected chi connectivity index (χ1v) is 7.71. The number of rotatable bonds is 4. The normalized spacial score (nSPS) is 11.8. The Morgan fingerprint density at radius 3 is 2.10 bits per heavy atom. The number of anilines is 1. The maximum Gasteiger partial charge on any atom is 0.243 e. The lowest BCUT2D eigenvalue weighted by Crippen LogP contribution is -2.26. The van der Waals surface area contributed by atoms with Crippen molar-refractivity contribution in [3.05, 3.63) is 59.7 Å². The van der Waals surface area contributed by atoms with Crippen LogP contribution in [0.2, 0.25) is 0 Å². The third kappa shape index (κ3) is 3.18. The van der Waals surface area contributed by atoms with Gasteiger partial charge in [0.25, 0.3) is 0 Å². The van der Waals surface area contributed by atoms with Crippen molar-refractivity contribution in [2.45, 2.75) is 18.4 Å². The zero-order valence-corrected chi connectivity index (χ0v) is 12.4. The summed E-state index contributed by atoms with van der Waals surface area (Å²) in [6, 6.07) is 14.0. The first-order chi connectivity index (χ1) is 9.39. The van der Waals surface area contributed by atoms with Gasteiger partial charge in [-0.3, -0.25) is 0 Å². The Morgan fingerprint density at radius 2 is 1.55 bits per heavy atom. The SMILES string of the molecule is Cc1ccc(CN(C)S(=O)(=O)c2ccc(N)cc2)cc1. The molecule has 0 aliphatic heterocycles. The minimum atomic E-state index is -3.49. The summed E-state index contributed by atoms with van der Waals surface area (Å²) in [6.45, 7) is 2.34. The third-order valence-corrected chi connectivity index (χ3v) is 4.93. The molecule has 4 nitrogen and oxygen atoms in total. The fourth-order valence-electron chi connectivity index (χ4n) is 1.86. The van der Waals surface area contributed by atoms with E-state index in [2.05, 4.69) is 0 Å². The molecule has 0 unspecified atom stereocenters. The van der Waals surface area contributed by atoms with Gasteiger partial charge >= 0.3 is 0 Å². The molecule has 0 amide bonds. The minimum Gasteiger partial charge on any atom is -0.399 e. The van der Waals surface area contributed by atoms with Gasteiger partial charge in [-0.1, -0.05) is 29.8 Å². The molecule has 0 saturated carbocycles. The van der Waals surface area contributed by atoms with Crippen molar-refractivity contribution >= 4 is 15.7 Å². The number of hydrogen-bond donors (Lipinski definition) is 1. The molecule has 2 rings (SSSR count). The van der Waals surface area contributed by atoms with Crippen molar-refractivity contribution in [2.24, 2.45) is 0 Å². The van der Waals surface area contributed by atoms with Gasteiger partial charge in [0.2, 0.25) is 10.0 Å². The highest BCUT2D eigenvalue weighted by molar-refractivity contribution is 7.89. The van der Waals surface area contributed by atoms with E-state index in [1.54, 1.807) is 19.2 Å². The summed E-state index contributed by atoms with van der Waals surface area (Å²) in [5.41, 5.74) is 8.23. The van der Waals surface area contributed by atoms with Crippen molar-refractivity contribution in [3.63, 3.8) is 0 Å². The van der Waals surface area contributed by atoms with Crippen LogP contribution in [0.3, 0.4) is 0 Å². The number of nitrogens with two attached hydrogens (primary N) is 1. The monoisotopic (exact) mass is 290 g/mol.